The van der Waals surface area contributed by atoms with Gasteiger partial charge < -0.3 is 15.2 Å². The second kappa shape index (κ2) is 8.47. The van der Waals surface area contributed by atoms with Crippen LogP contribution in [-0.2, 0) is 4.74 Å². The summed E-state index contributed by atoms with van der Waals surface area (Å²) in [6.07, 6.45) is 0. The maximum Gasteiger partial charge on any atom is 0.255 e. The van der Waals surface area contributed by atoms with E-state index >= 15 is 0 Å². The third kappa shape index (κ3) is 4.60. The van der Waals surface area contributed by atoms with Gasteiger partial charge in [-0.25, -0.2) is 0 Å². The van der Waals surface area contributed by atoms with Crippen LogP contribution in [0.25, 0.3) is 0 Å². The number of carbonyl (C=O) groups excluding carboxylic acids is 1. The van der Waals surface area contributed by atoms with Gasteiger partial charge in [0.15, 0.2) is 0 Å². The van der Waals surface area contributed by atoms with Crippen LogP contribution in [0.2, 0.25) is 0 Å². The molecule has 2 N–H and O–H groups in total. The third-order valence-corrected chi connectivity index (χ3v) is 4.82. The molecule has 25 heavy (non-hydrogen) atoms. The second-order valence-corrected chi connectivity index (χ2v) is 6.86. The molecule has 0 unspecified atom stereocenters. The maximum absolute atomic E-state index is 12.5. The first-order valence-electron chi connectivity index (χ1n) is 8.28. The third-order valence-electron chi connectivity index (χ3n) is 4.33. The van der Waals surface area contributed by atoms with E-state index in [-0.39, 0.29) is 23.3 Å². The first-order chi connectivity index (χ1) is 12.1. The summed E-state index contributed by atoms with van der Waals surface area (Å²) in [5, 5.41) is 12.9. The smallest absolute Gasteiger partial charge is 0.255 e. The van der Waals surface area contributed by atoms with Crippen LogP contribution in [-0.4, -0.2) is 48.8 Å². The van der Waals surface area contributed by atoms with Gasteiger partial charge in [-0.1, -0.05) is 46.3 Å². The molecule has 132 valence electrons. The molecule has 1 fully saturated rings. The highest BCUT2D eigenvalue weighted by molar-refractivity contribution is 9.10. The van der Waals surface area contributed by atoms with Gasteiger partial charge in [-0.05, 0) is 23.8 Å². The zero-order chi connectivity index (χ0) is 17.6. The van der Waals surface area contributed by atoms with Crippen LogP contribution < -0.4 is 5.32 Å². The summed E-state index contributed by atoms with van der Waals surface area (Å²) in [6, 6.07) is 15.0. The Morgan fingerprint density at radius 1 is 1.20 bits per heavy atom. The number of rotatable bonds is 5. The lowest BCUT2D eigenvalue weighted by Crippen LogP contribution is -2.43. The van der Waals surface area contributed by atoms with Crippen molar-refractivity contribution in [3.8, 4) is 5.75 Å². The number of morpholine rings is 1. The first-order valence-corrected chi connectivity index (χ1v) is 9.08. The van der Waals surface area contributed by atoms with Crippen LogP contribution in [0.3, 0.4) is 0 Å². The number of nitrogens with zero attached hydrogens (tertiary/aromatic N) is 1. The van der Waals surface area contributed by atoms with Crippen molar-refractivity contribution >= 4 is 21.8 Å². The molecule has 6 heteroatoms. The van der Waals surface area contributed by atoms with Crippen molar-refractivity contribution in [3.63, 3.8) is 0 Å². The monoisotopic (exact) mass is 404 g/mol. The van der Waals surface area contributed by atoms with Crippen molar-refractivity contribution in [2.75, 3.05) is 32.8 Å². The van der Waals surface area contributed by atoms with E-state index in [0.717, 1.165) is 23.1 Å². The number of carbonyl (C=O) groups is 1. The lowest BCUT2D eigenvalue weighted by Gasteiger charge is -2.35. The largest absolute Gasteiger partial charge is 0.507 e. The molecule has 1 amide bonds. The van der Waals surface area contributed by atoms with E-state index in [1.165, 1.54) is 6.07 Å². The highest BCUT2D eigenvalue weighted by atomic mass is 79.9. The van der Waals surface area contributed by atoms with E-state index in [1.54, 1.807) is 12.1 Å². The number of hydrogen-bond acceptors (Lipinski definition) is 4. The van der Waals surface area contributed by atoms with Gasteiger partial charge in [-0.15, -0.1) is 0 Å². The molecule has 1 atom stereocenters. The van der Waals surface area contributed by atoms with Gasteiger partial charge in [0.1, 0.15) is 5.75 Å². The summed E-state index contributed by atoms with van der Waals surface area (Å²) in [7, 11) is 0. The van der Waals surface area contributed by atoms with Crippen molar-refractivity contribution in [2.45, 2.75) is 6.04 Å². The number of ether oxygens (including phenoxy) is 1. The summed E-state index contributed by atoms with van der Waals surface area (Å²) in [4.78, 5) is 14.8. The number of benzene rings is 2. The molecule has 0 aromatic heterocycles. The van der Waals surface area contributed by atoms with Gasteiger partial charge in [0.05, 0.1) is 24.8 Å². The molecule has 2 aromatic carbocycles. The van der Waals surface area contributed by atoms with Crippen molar-refractivity contribution in [2.24, 2.45) is 0 Å². The average Bonchev–Trinajstić information content (AvgIpc) is 2.65. The molecule has 2 aromatic rings. The fourth-order valence-electron chi connectivity index (χ4n) is 3.00. The zero-order valence-corrected chi connectivity index (χ0v) is 15.4. The number of phenols is 1. The molecule has 0 bridgehead atoms. The van der Waals surface area contributed by atoms with Crippen LogP contribution in [0.4, 0.5) is 0 Å². The summed E-state index contributed by atoms with van der Waals surface area (Å²) < 4.78 is 6.20. The van der Waals surface area contributed by atoms with E-state index in [0.29, 0.717) is 19.8 Å². The minimum Gasteiger partial charge on any atom is -0.507 e. The van der Waals surface area contributed by atoms with Crippen molar-refractivity contribution < 1.29 is 14.6 Å². The highest BCUT2D eigenvalue weighted by Gasteiger charge is 2.23. The number of aromatic hydroxyl groups is 1. The van der Waals surface area contributed by atoms with Crippen LogP contribution >= 0.6 is 15.9 Å². The lowest BCUT2D eigenvalue weighted by molar-refractivity contribution is 0.0162. The molecule has 1 saturated heterocycles. The first kappa shape index (κ1) is 17.9. The van der Waals surface area contributed by atoms with Crippen LogP contribution in [0.1, 0.15) is 22.0 Å². The Hall–Kier alpha value is -1.89. The number of amides is 1. The van der Waals surface area contributed by atoms with E-state index in [4.69, 9.17) is 4.74 Å². The van der Waals surface area contributed by atoms with E-state index < -0.39 is 0 Å². The molecule has 0 aliphatic carbocycles. The average molecular weight is 405 g/mol. The van der Waals surface area contributed by atoms with Gasteiger partial charge in [-0.3, -0.25) is 9.69 Å². The number of hydrogen-bond donors (Lipinski definition) is 2. The number of nitrogens with one attached hydrogen (secondary N) is 1. The fraction of sp³-hybridized carbons (Fsp3) is 0.316. The fourth-order valence-corrected chi connectivity index (χ4v) is 3.36. The molecule has 5 nitrogen and oxygen atoms in total. The summed E-state index contributed by atoms with van der Waals surface area (Å²) >= 11 is 3.33. The number of phenolic OH excluding ortho intramolecular Hbond substituents is 1. The molecular formula is C19H21BrN2O3. The second-order valence-electron chi connectivity index (χ2n) is 5.95. The molecule has 1 aliphatic heterocycles. The van der Waals surface area contributed by atoms with Crippen LogP contribution in [0, 0.1) is 0 Å². The lowest BCUT2D eigenvalue weighted by atomic mass is 10.0. The van der Waals surface area contributed by atoms with E-state index in [9.17, 15) is 9.90 Å². The molecule has 1 aliphatic rings. The molecule has 1 heterocycles. The Kier molecular flexibility index (Phi) is 6.07. The molecule has 0 radical (unpaired) electrons. The van der Waals surface area contributed by atoms with E-state index in [1.807, 2.05) is 18.2 Å². The Labute approximate surface area is 155 Å². The van der Waals surface area contributed by atoms with Gasteiger partial charge in [0.2, 0.25) is 0 Å². The summed E-state index contributed by atoms with van der Waals surface area (Å²) in [6.45, 7) is 3.53. The number of halogens is 1. The maximum atomic E-state index is 12.5. The van der Waals surface area contributed by atoms with Gasteiger partial charge in [-0.2, -0.15) is 0 Å². The minimum atomic E-state index is -0.284. The molecule has 0 spiro atoms. The Bertz CT molecular complexity index is 718. The Morgan fingerprint density at radius 2 is 1.92 bits per heavy atom. The van der Waals surface area contributed by atoms with Gasteiger partial charge in [0.25, 0.3) is 5.91 Å². The van der Waals surface area contributed by atoms with Crippen molar-refractivity contribution in [3.05, 3.63) is 64.1 Å². The van der Waals surface area contributed by atoms with Crippen molar-refractivity contribution in [1.82, 2.24) is 10.2 Å². The van der Waals surface area contributed by atoms with Crippen molar-refractivity contribution in [1.29, 1.82) is 0 Å². The summed E-state index contributed by atoms with van der Waals surface area (Å²) in [5.41, 5.74) is 1.42. The quantitative estimate of drug-likeness (QED) is 0.803. The van der Waals surface area contributed by atoms with Crippen LogP contribution in [0.15, 0.2) is 53.0 Å². The Balaban J connectivity index is 1.74. The molecular weight excluding hydrogens is 384 g/mol. The molecule has 0 saturated carbocycles. The zero-order valence-electron chi connectivity index (χ0n) is 13.8. The summed E-state index contributed by atoms with van der Waals surface area (Å²) in [5.74, 6) is -0.309. The normalized spacial score (nSPS) is 16.4. The molecule has 3 rings (SSSR count). The van der Waals surface area contributed by atoms with Gasteiger partial charge in [0, 0.05) is 24.1 Å². The topological polar surface area (TPSA) is 61.8 Å². The predicted molar refractivity (Wildman–Crippen MR) is 99.7 cm³/mol. The minimum absolute atomic E-state index is 0.0247. The van der Waals surface area contributed by atoms with Gasteiger partial charge >= 0.3 is 0 Å². The predicted octanol–water partition coefficient (Wildman–Crippen LogP) is 2.96. The highest BCUT2D eigenvalue weighted by Crippen LogP contribution is 2.23. The van der Waals surface area contributed by atoms with Crippen LogP contribution in [0.5, 0.6) is 5.75 Å². The Morgan fingerprint density at radius 3 is 2.64 bits per heavy atom. The standard InChI is InChI=1S/C19H21BrN2O3/c20-15-6-7-18(23)16(12-15)19(24)21-13-17(14-4-2-1-3-5-14)22-8-10-25-11-9-22/h1-7,12,17,23H,8-11,13H2,(H,21,24)/t17-/m0/s1. The SMILES string of the molecule is O=C(NC[C@@H](c1ccccc1)N1CCOCC1)c1cc(Br)ccc1O. The van der Waals surface area contributed by atoms with E-state index in [2.05, 4.69) is 38.3 Å².